The summed E-state index contributed by atoms with van der Waals surface area (Å²) < 4.78 is 0. The van der Waals surface area contributed by atoms with Crippen molar-refractivity contribution in [2.75, 3.05) is 25.5 Å². The molecule has 0 aromatic heterocycles. The fourth-order valence-corrected chi connectivity index (χ4v) is 2.58. The third-order valence-electron chi connectivity index (χ3n) is 3.70. The van der Waals surface area contributed by atoms with E-state index in [1.807, 2.05) is 0 Å². The lowest BCUT2D eigenvalue weighted by Gasteiger charge is -2.27. The lowest BCUT2D eigenvalue weighted by molar-refractivity contribution is 0.435. The molecule has 0 bridgehead atoms. The molecule has 0 amide bonds. The van der Waals surface area contributed by atoms with Gasteiger partial charge in [-0.15, -0.1) is 0 Å². The Labute approximate surface area is 98.7 Å². The van der Waals surface area contributed by atoms with E-state index >= 15 is 0 Å². The van der Waals surface area contributed by atoms with Crippen LogP contribution >= 0.6 is 0 Å². The zero-order valence-corrected chi connectivity index (χ0v) is 10.8. The van der Waals surface area contributed by atoms with Gasteiger partial charge in [-0.05, 0) is 50.4 Å². The van der Waals surface area contributed by atoms with Crippen LogP contribution in [0.25, 0.3) is 0 Å². The highest BCUT2D eigenvalue weighted by molar-refractivity contribution is 5.55. The summed E-state index contributed by atoms with van der Waals surface area (Å²) in [4.78, 5) is 2.19. The molecule has 1 saturated heterocycles. The molecule has 2 rings (SSSR count). The lowest BCUT2D eigenvalue weighted by Crippen LogP contribution is -2.33. The van der Waals surface area contributed by atoms with Gasteiger partial charge >= 0.3 is 0 Å². The van der Waals surface area contributed by atoms with Gasteiger partial charge in [-0.25, -0.2) is 0 Å². The number of nitrogens with one attached hydrogen (secondary N) is 1. The maximum absolute atomic E-state index is 3.62. The monoisotopic (exact) mass is 218 g/mol. The number of benzene rings is 1. The Hall–Kier alpha value is -1.02. The topological polar surface area (TPSA) is 15.3 Å². The minimum Gasteiger partial charge on any atom is -0.377 e. The molecule has 1 aliphatic heterocycles. The Balaban J connectivity index is 2.39. The van der Waals surface area contributed by atoms with E-state index in [2.05, 4.69) is 56.4 Å². The molecule has 1 unspecified atom stereocenters. The third-order valence-corrected chi connectivity index (χ3v) is 3.70. The highest BCUT2D eigenvalue weighted by Gasteiger charge is 2.30. The van der Waals surface area contributed by atoms with E-state index in [0.717, 1.165) is 6.54 Å². The van der Waals surface area contributed by atoms with Crippen molar-refractivity contribution in [2.24, 2.45) is 0 Å². The number of anilines is 1. The molecule has 1 N–H and O–H groups in total. The van der Waals surface area contributed by atoms with Crippen molar-refractivity contribution in [3.8, 4) is 0 Å². The van der Waals surface area contributed by atoms with Crippen molar-refractivity contribution in [1.82, 2.24) is 5.32 Å². The molecule has 2 heteroatoms. The van der Waals surface area contributed by atoms with Gasteiger partial charge in [-0.2, -0.15) is 0 Å². The molecule has 1 fully saturated rings. The van der Waals surface area contributed by atoms with Crippen molar-refractivity contribution >= 4 is 5.69 Å². The van der Waals surface area contributed by atoms with Gasteiger partial charge in [0.05, 0.1) is 0 Å². The van der Waals surface area contributed by atoms with Crippen LogP contribution in [0.4, 0.5) is 5.69 Å². The van der Waals surface area contributed by atoms with Crippen molar-refractivity contribution in [3.05, 3.63) is 29.3 Å². The average Bonchev–Trinajstić information content (AvgIpc) is 2.66. The largest absolute Gasteiger partial charge is 0.377 e. The second-order valence-corrected chi connectivity index (χ2v) is 5.26. The maximum Gasteiger partial charge on any atom is 0.0407 e. The van der Waals surface area contributed by atoms with Crippen molar-refractivity contribution < 1.29 is 0 Å². The van der Waals surface area contributed by atoms with Crippen LogP contribution in [0.3, 0.4) is 0 Å². The predicted molar refractivity (Wildman–Crippen MR) is 70.1 cm³/mol. The average molecular weight is 218 g/mol. The number of rotatable bonds is 2. The maximum atomic E-state index is 3.62. The summed E-state index contributed by atoms with van der Waals surface area (Å²) in [5, 5.41) is 3.62. The molecule has 0 radical (unpaired) electrons. The summed E-state index contributed by atoms with van der Waals surface area (Å²) in [5.41, 5.74) is 4.26. The van der Waals surface area contributed by atoms with Crippen LogP contribution in [0.2, 0.25) is 0 Å². The van der Waals surface area contributed by atoms with E-state index < -0.39 is 0 Å². The summed E-state index contributed by atoms with van der Waals surface area (Å²) in [7, 11) is 4.22. The fourth-order valence-electron chi connectivity index (χ4n) is 2.58. The van der Waals surface area contributed by atoms with E-state index in [9.17, 15) is 0 Å². The van der Waals surface area contributed by atoms with E-state index in [0.29, 0.717) is 0 Å². The molecule has 1 aliphatic rings. The summed E-state index contributed by atoms with van der Waals surface area (Å²) in [6, 6.07) is 6.82. The summed E-state index contributed by atoms with van der Waals surface area (Å²) >= 11 is 0. The standard InChI is InChI=1S/C14H22N2/c1-11-6-7-12(10-13(11)16(3)4)14(2)8-5-9-15-14/h6-7,10,15H,5,8-9H2,1-4H3. The normalized spacial score (nSPS) is 24.8. The number of nitrogens with zero attached hydrogens (tertiary/aromatic N) is 1. The molecule has 1 heterocycles. The molecule has 16 heavy (non-hydrogen) atoms. The molecule has 2 nitrogen and oxygen atoms in total. The minimum atomic E-state index is 0.179. The van der Waals surface area contributed by atoms with Gasteiger partial charge in [-0.3, -0.25) is 0 Å². The first-order chi connectivity index (χ1) is 7.53. The Kier molecular flexibility index (Phi) is 2.94. The van der Waals surface area contributed by atoms with Crippen molar-refractivity contribution in [1.29, 1.82) is 0 Å². The van der Waals surface area contributed by atoms with Crippen LogP contribution in [0.5, 0.6) is 0 Å². The smallest absolute Gasteiger partial charge is 0.0407 e. The van der Waals surface area contributed by atoms with E-state index in [4.69, 9.17) is 0 Å². The van der Waals surface area contributed by atoms with Gasteiger partial charge in [0.1, 0.15) is 0 Å². The van der Waals surface area contributed by atoms with E-state index in [1.54, 1.807) is 0 Å². The molecule has 0 spiro atoms. The van der Waals surface area contributed by atoms with E-state index in [1.165, 1.54) is 29.7 Å². The second kappa shape index (κ2) is 4.10. The highest BCUT2D eigenvalue weighted by atomic mass is 15.1. The molecule has 1 aromatic rings. The lowest BCUT2D eigenvalue weighted by atomic mass is 9.89. The molecule has 0 aliphatic carbocycles. The van der Waals surface area contributed by atoms with Gasteiger partial charge in [0.2, 0.25) is 0 Å². The summed E-state index contributed by atoms with van der Waals surface area (Å²) in [6.07, 6.45) is 2.52. The molecule has 0 saturated carbocycles. The van der Waals surface area contributed by atoms with Crippen LogP contribution in [0.1, 0.15) is 30.9 Å². The molecular weight excluding hydrogens is 196 g/mol. The molecular formula is C14H22N2. The van der Waals surface area contributed by atoms with Gasteiger partial charge in [0.25, 0.3) is 0 Å². The number of hydrogen-bond donors (Lipinski definition) is 1. The van der Waals surface area contributed by atoms with E-state index in [-0.39, 0.29) is 5.54 Å². The van der Waals surface area contributed by atoms with Crippen molar-refractivity contribution in [2.45, 2.75) is 32.2 Å². The van der Waals surface area contributed by atoms with Crippen LogP contribution in [-0.4, -0.2) is 20.6 Å². The zero-order chi connectivity index (χ0) is 11.8. The fraction of sp³-hybridized carbons (Fsp3) is 0.571. The first kappa shape index (κ1) is 11.5. The number of hydrogen-bond acceptors (Lipinski definition) is 2. The first-order valence-corrected chi connectivity index (χ1v) is 6.06. The highest BCUT2D eigenvalue weighted by Crippen LogP contribution is 2.33. The second-order valence-electron chi connectivity index (χ2n) is 5.26. The molecule has 88 valence electrons. The Morgan fingerprint density at radius 3 is 2.62 bits per heavy atom. The molecule has 1 atom stereocenters. The van der Waals surface area contributed by atoms with Gasteiger partial charge in [0.15, 0.2) is 0 Å². The summed E-state index contributed by atoms with van der Waals surface area (Å²) in [5.74, 6) is 0. The van der Waals surface area contributed by atoms with Crippen LogP contribution in [0.15, 0.2) is 18.2 Å². The predicted octanol–water partition coefficient (Wildman–Crippen LogP) is 2.66. The third kappa shape index (κ3) is 1.94. The first-order valence-electron chi connectivity index (χ1n) is 6.06. The van der Waals surface area contributed by atoms with Gasteiger partial charge in [-0.1, -0.05) is 12.1 Å². The Morgan fingerprint density at radius 2 is 2.06 bits per heavy atom. The van der Waals surface area contributed by atoms with Gasteiger partial charge < -0.3 is 10.2 Å². The van der Waals surface area contributed by atoms with Crippen LogP contribution < -0.4 is 10.2 Å². The Morgan fingerprint density at radius 1 is 1.31 bits per heavy atom. The number of aryl methyl sites for hydroxylation is 1. The van der Waals surface area contributed by atoms with Crippen LogP contribution in [-0.2, 0) is 5.54 Å². The quantitative estimate of drug-likeness (QED) is 0.821. The Bertz CT molecular complexity index is 376. The SMILES string of the molecule is Cc1ccc(C2(C)CCCN2)cc1N(C)C. The van der Waals surface area contributed by atoms with Crippen LogP contribution in [0, 0.1) is 6.92 Å². The molecule has 1 aromatic carbocycles. The zero-order valence-electron chi connectivity index (χ0n) is 10.8. The summed E-state index contributed by atoms with van der Waals surface area (Å²) in [6.45, 7) is 5.62. The van der Waals surface area contributed by atoms with Gasteiger partial charge in [0, 0.05) is 25.3 Å². The minimum absolute atomic E-state index is 0.179. The van der Waals surface area contributed by atoms with Crippen molar-refractivity contribution in [3.63, 3.8) is 0 Å².